The molecule has 1 heterocycles. The average Bonchev–Trinajstić information content (AvgIpc) is 2.01. The number of carbonyl (C=O) groups excluding carboxylic acids is 1. The van der Waals surface area contributed by atoms with Gasteiger partial charge in [0, 0.05) is 0 Å². The van der Waals surface area contributed by atoms with Crippen molar-refractivity contribution in [1.29, 1.82) is 0 Å². The van der Waals surface area contributed by atoms with Gasteiger partial charge in [-0.2, -0.15) is 5.84 Å². The molecule has 1 saturated heterocycles. The summed E-state index contributed by atoms with van der Waals surface area (Å²) in [5, 5.41) is 0.937. The number of carbonyl (C=O) groups is 1. The molecule has 14 heavy (non-hydrogen) atoms. The third-order valence-corrected chi connectivity index (χ3v) is 2.30. The van der Waals surface area contributed by atoms with E-state index < -0.39 is 0 Å². The fourth-order valence-corrected chi connectivity index (χ4v) is 1.68. The Kier molecular flexibility index (Phi) is 3.50. The summed E-state index contributed by atoms with van der Waals surface area (Å²) in [6.45, 7) is 7.33. The third-order valence-electron chi connectivity index (χ3n) is 2.30. The molecule has 1 unspecified atom stereocenters. The second kappa shape index (κ2) is 4.28. The lowest BCUT2D eigenvalue weighted by atomic mass is 9.99. The molecule has 0 amide bonds. The Bertz CT molecular complexity index is 211. The van der Waals surface area contributed by atoms with Gasteiger partial charge in [0.25, 0.3) is 0 Å². The Morgan fingerprint density at radius 2 is 2.14 bits per heavy atom. The summed E-state index contributed by atoms with van der Waals surface area (Å²) >= 11 is 0. The molecule has 1 aliphatic rings. The van der Waals surface area contributed by atoms with E-state index in [4.69, 9.17) is 10.6 Å². The number of piperidine rings is 1. The first-order valence-electron chi connectivity index (χ1n) is 5.21. The van der Waals surface area contributed by atoms with E-state index in [0.717, 1.165) is 24.4 Å². The zero-order valence-electron chi connectivity index (χ0n) is 9.30. The number of hydrogen-bond donors (Lipinski definition) is 2. The van der Waals surface area contributed by atoms with Gasteiger partial charge in [0.1, 0.15) is 18.1 Å². The zero-order chi connectivity index (χ0) is 10.8. The van der Waals surface area contributed by atoms with Gasteiger partial charge in [-0.15, -0.1) is 0 Å². The summed E-state index contributed by atoms with van der Waals surface area (Å²) in [6.07, 6.45) is 1.92. The number of nitrogens with two attached hydrogens (primary N) is 1. The first kappa shape index (κ1) is 11.5. The van der Waals surface area contributed by atoms with Crippen molar-refractivity contribution in [2.24, 2.45) is 11.8 Å². The molecule has 4 nitrogen and oxygen atoms in total. The molecule has 0 aliphatic carbocycles. The lowest BCUT2D eigenvalue weighted by Gasteiger charge is -2.27. The molecule has 0 saturated carbocycles. The van der Waals surface area contributed by atoms with Crippen LogP contribution < -0.4 is 10.9 Å². The van der Waals surface area contributed by atoms with Gasteiger partial charge in [0.15, 0.2) is 0 Å². The quantitative estimate of drug-likeness (QED) is 0.444. The monoisotopic (exact) mass is 201 g/mol. The van der Waals surface area contributed by atoms with Crippen LogP contribution in [0.3, 0.4) is 0 Å². The van der Waals surface area contributed by atoms with E-state index in [0.29, 0.717) is 6.54 Å². The van der Waals surface area contributed by atoms with E-state index in [1.54, 1.807) is 0 Å². The number of esters is 1. The number of rotatable bonds is 1. The number of ether oxygens (including phenoxy) is 1. The number of quaternary nitrogens is 1. The van der Waals surface area contributed by atoms with Crippen molar-refractivity contribution >= 4 is 5.97 Å². The standard InChI is InChI=1S/C10H20N2O2/c1-10(2,3)14-9(13)8-5-4-6-12(11)7-8/h8H,4-7,11H2,1-3H3/p+1/t8-/m1/s1. The predicted molar refractivity (Wildman–Crippen MR) is 53.5 cm³/mol. The van der Waals surface area contributed by atoms with Crippen LogP contribution in [-0.4, -0.2) is 24.7 Å². The molecular weight excluding hydrogens is 180 g/mol. The Balaban J connectivity index is 2.44. The molecule has 0 bridgehead atoms. The van der Waals surface area contributed by atoms with Gasteiger partial charge in [-0.05, 0) is 33.6 Å². The van der Waals surface area contributed by atoms with Crippen LogP contribution >= 0.6 is 0 Å². The van der Waals surface area contributed by atoms with Crippen molar-refractivity contribution in [2.45, 2.75) is 39.2 Å². The Hall–Kier alpha value is -0.610. The highest BCUT2D eigenvalue weighted by Crippen LogP contribution is 2.15. The van der Waals surface area contributed by atoms with Crippen LogP contribution in [-0.2, 0) is 9.53 Å². The summed E-state index contributed by atoms with van der Waals surface area (Å²) in [5.74, 6) is 5.63. The minimum absolute atomic E-state index is 0.0111. The molecule has 0 radical (unpaired) electrons. The summed E-state index contributed by atoms with van der Waals surface area (Å²) < 4.78 is 5.32. The molecular formula is C10H21N2O2+. The molecule has 0 spiro atoms. The fourth-order valence-electron chi connectivity index (χ4n) is 1.68. The van der Waals surface area contributed by atoms with Crippen molar-refractivity contribution in [3.8, 4) is 0 Å². The van der Waals surface area contributed by atoms with Crippen LogP contribution in [0.5, 0.6) is 0 Å². The number of hydrogen-bond acceptors (Lipinski definition) is 3. The molecule has 3 N–H and O–H groups in total. The molecule has 2 atom stereocenters. The maximum absolute atomic E-state index is 11.7. The summed E-state index contributed by atoms with van der Waals surface area (Å²) in [5.41, 5.74) is -0.386. The largest absolute Gasteiger partial charge is 0.460 e. The van der Waals surface area contributed by atoms with Gasteiger partial charge in [-0.3, -0.25) is 9.80 Å². The molecule has 1 rings (SSSR count). The van der Waals surface area contributed by atoms with E-state index in [-0.39, 0.29) is 17.5 Å². The van der Waals surface area contributed by atoms with Crippen LogP contribution in [0.4, 0.5) is 0 Å². The number of nitrogens with one attached hydrogen (secondary N) is 1. The van der Waals surface area contributed by atoms with Crippen molar-refractivity contribution < 1.29 is 14.5 Å². The fraction of sp³-hybridized carbons (Fsp3) is 0.900. The van der Waals surface area contributed by atoms with Crippen molar-refractivity contribution in [2.75, 3.05) is 13.1 Å². The van der Waals surface area contributed by atoms with E-state index in [9.17, 15) is 4.79 Å². The Morgan fingerprint density at radius 3 is 2.64 bits per heavy atom. The predicted octanol–water partition coefficient (Wildman–Crippen LogP) is -0.503. The van der Waals surface area contributed by atoms with E-state index in [1.165, 1.54) is 0 Å². The lowest BCUT2D eigenvalue weighted by molar-refractivity contribution is -0.919. The summed E-state index contributed by atoms with van der Waals surface area (Å²) in [7, 11) is 0. The lowest BCUT2D eigenvalue weighted by Crippen LogP contribution is -3.19. The molecule has 1 fully saturated rings. The average molecular weight is 201 g/mol. The zero-order valence-corrected chi connectivity index (χ0v) is 9.30. The van der Waals surface area contributed by atoms with Crippen LogP contribution in [0.25, 0.3) is 0 Å². The first-order chi connectivity index (χ1) is 6.38. The van der Waals surface area contributed by atoms with Crippen molar-refractivity contribution in [3.63, 3.8) is 0 Å². The second-order valence-corrected chi connectivity index (χ2v) is 4.98. The van der Waals surface area contributed by atoms with Crippen LogP contribution in [0.2, 0.25) is 0 Å². The maximum Gasteiger partial charge on any atom is 0.315 e. The van der Waals surface area contributed by atoms with Crippen LogP contribution in [0.1, 0.15) is 33.6 Å². The van der Waals surface area contributed by atoms with E-state index >= 15 is 0 Å². The maximum atomic E-state index is 11.7. The molecule has 1 aliphatic heterocycles. The Labute approximate surface area is 85.4 Å². The minimum Gasteiger partial charge on any atom is -0.460 e. The first-order valence-corrected chi connectivity index (χ1v) is 5.21. The van der Waals surface area contributed by atoms with Gasteiger partial charge < -0.3 is 4.74 Å². The van der Waals surface area contributed by atoms with E-state index in [1.807, 2.05) is 20.8 Å². The summed E-state index contributed by atoms with van der Waals surface area (Å²) in [4.78, 5) is 11.7. The highest BCUT2D eigenvalue weighted by atomic mass is 16.6. The van der Waals surface area contributed by atoms with Gasteiger partial charge in [0.05, 0.1) is 6.54 Å². The van der Waals surface area contributed by atoms with Crippen LogP contribution in [0.15, 0.2) is 0 Å². The second-order valence-electron chi connectivity index (χ2n) is 4.98. The van der Waals surface area contributed by atoms with Crippen LogP contribution in [0, 0.1) is 5.92 Å². The molecule has 0 aromatic heterocycles. The topological polar surface area (TPSA) is 56.8 Å². The SMILES string of the molecule is CC(C)(C)OC(=O)[C@@H]1CCC[NH+](N)C1. The summed E-state index contributed by atoms with van der Waals surface area (Å²) in [6, 6.07) is 0. The third kappa shape index (κ3) is 3.64. The van der Waals surface area contributed by atoms with Crippen molar-refractivity contribution in [3.05, 3.63) is 0 Å². The molecule has 0 aromatic carbocycles. The Morgan fingerprint density at radius 1 is 1.50 bits per heavy atom. The normalized spacial score (nSPS) is 28.6. The molecule has 0 aromatic rings. The smallest absolute Gasteiger partial charge is 0.315 e. The van der Waals surface area contributed by atoms with Gasteiger partial charge >= 0.3 is 5.97 Å². The highest BCUT2D eigenvalue weighted by Gasteiger charge is 2.30. The highest BCUT2D eigenvalue weighted by molar-refractivity contribution is 5.73. The van der Waals surface area contributed by atoms with Gasteiger partial charge in [-0.25, -0.2) is 0 Å². The van der Waals surface area contributed by atoms with Crippen molar-refractivity contribution in [1.82, 2.24) is 0 Å². The van der Waals surface area contributed by atoms with Gasteiger partial charge in [-0.1, -0.05) is 0 Å². The molecule has 4 heteroatoms. The minimum atomic E-state index is -0.386. The molecule has 82 valence electrons. The van der Waals surface area contributed by atoms with E-state index in [2.05, 4.69) is 0 Å². The van der Waals surface area contributed by atoms with Gasteiger partial charge in [0.2, 0.25) is 0 Å².